The molecule has 7 heteroatoms. The Morgan fingerprint density at radius 2 is 1.85 bits per heavy atom. The third kappa shape index (κ3) is 5.67. The van der Waals surface area contributed by atoms with Crippen LogP contribution in [0.5, 0.6) is 11.5 Å². The Labute approximate surface area is 157 Å². The Bertz CT molecular complexity index is 776. The molecule has 0 aliphatic rings. The van der Waals surface area contributed by atoms with E-state index in [1.165, 1.54) is 7.11 Å². The number of carbonyl (C=O) groups excluding carboxylic acids is 2. The zero-order valence-electron chi connectivity index (χ0n) is 14.7. The monoisotopic (exact) mass is 377 g/mol. The Balaban J connectivity index is 1.81. The third-order valence-corrected chi connectivity index (χ3v) is 3.74. The topological polar surface area (TPSA) is 73.9 Å². The summed E-state index contributed by atoms with van der Waals surface area (Å²) in [4.78, 5) is 23.8. The summed E-state index contributed by atoms with van der Waals surface area (Å²) in [6.07, 6.45) is -0.832. The van der Waals surface area contributed by atoms with Crippen LogP contribution in [0, 0.1) is 6.92 Å². The molecule has 0 heterocycles. The number of carbonyl (C=O) groups is 2. The maximum absolute atomic E-state index is 11.9. The molecule has 26 heavy (non-hydrogen) atoms. The smallest absolute Gasteiger partial charge is 0.347 e. The van der Waals surface area contributed by atoms with Crippen molar-refractivity contribution in [1.82, 2.24) is 0 Å². The number of esters is 1. The minimum Gasteiger partial charge on any atom is -0.495 e. The van der Waals surface area contributed by atoms with E-state index < -0.39 is 24.6 Å². The van der Waals surface area contributed by atoms with Gasteiger partial charge in [-0.05, 0) is 44.2 Å². The molecule has 1 N–H and O–H groups in total. The van der Waals surface area contributed by atoms with Crippen LogP contribution in [0.1, 0.15) is 12.5 Å². The summed E-state index contributed by atoms with van der Waals surface area (Å²) < 4.78 is 15.5. The van der Waals surface area contributed by atoms with Gasteiger partial charge in [-0.3, -0.25) is 4.79 Å². The molecule has 2 aromatic carbocycles. The van der Waals surface area contributed by atoms with Crippen molar-refractivity contribution >= 4 is 29.2 Å². The van der Waals surface area contributed by atoms with E-state index in [0.717, 1.165) is 5.56 Å². The fraction of sp³-hybridized carbons (Fsp3) is 0.263. The number of amides is 1. The fourth-order valence-electron chi connectivity index (χ4n) is 2.06. The van der Waals surface area contributed by atoms with E-state index in [4.69, 9.17) is 25.8 Å². The first kappa shape index (κ1) is 19.6. The molecule has 2 aromatic rings. The highest BCUT2D eigenvalue weighted by atomic mass is 35.5. The number of halogens is 1. The maximum atomic E-state index is 11.9. The summed E-state index contributed by atoms with van der Waals surface area (Å²) in [5.74, 6) is -0.0637. The first-order chi connectivity index (χ1) is 12.4. The first-order valence-electron chi connectivity index (χ1n) is 7.92. The van der Waals surface area contributed by atoms with Crippen LogP contribution >= 0.6 is 11.6 Å². The number of aryl methyl sites for hydroxylation is 1. The molecule has 0 aliphatic carbocycles. The normalized spacial score (nSPS) is 11.4. The molecular weight excluding hydrogens is 358 g/mol. The molecule has 1 unspecified atom stereocenters. The molecule has 0 saturated carbocycles. The highest BCUT2D eigenvalue weighted by molar-refractivity contribution is 6.32. The number of nitrogens with one attached hydrogen (secondary N) is 1. The van der Waals surface area contributed by atoms with E-state index in [-0.39, 0.29) is 0 Å². The van der Waals surface area contributed by atoms with Crippen molar-refractivity contribution in [3.8, 4) is 11.5 Å². The van der Waals surface area contributed by atoms with Gasteiger partial charge in [-0.15, -0.1) is 0 Å². The molecular formula is C19H20ClNO5. The Hall–Kier alpha value is -2.73. The summed E-state index contributed by atoms with van der Waals surface area (Å²) in [7, 11) is 1.50. The Kier molecular flexibility index (Phi) is 6.86. The van der Waals surface area contributed by atoms with Crippen molar-refractivity contribution in [3.63, 3.8) is 0 Å². The number of methoxy groups -OCH3 is 1. The molecule has 0 spiro atoms. The van der Waals surface area contributed by atoms with Crippen LogP contribution in [0.25, 0.3) is 0 Å². The number of benzene rings is 2. The highest BCUT2D eigenvalue weighted by Crippen LogP contribution is 2.27. The van der Waals surface area contributed by atoms with Gasteiger partial charge >= 0.3 is 5.97 Å². The SMILES string of the molecule is COc1ccc(NC(=O)COC(=O)C(C)Oc2ccc(C)cc2)cc1Cl. The minimum atomic E-state index is -0.832. The largest absolute Gasteiger partial charge is 0.495 e. The van der Waals surface area contributed by atoms with E-state index >= 15 is 0 Å². The average Bonchev–Trinajstić information content (AvgIpc) is 2.61. The van der Waals surface area contributed by atoms with Crippen molar-refractivity contribution in [3.05, 3.63) is 53.1 Å². The van der Waals surface area contributed by atoms with E-state index in [1.54, 1.807) is 37.3 Å². The number of anilines is 1. The minimum absolute atomic E-state index is 0.363. The van der Waals surface area contributed by atoms with Crippen molar-refractivity contribution in [2.24, 2.45) is 0 Å². The van der Waals surface area contributed by atoms with Crippen molar-refractivity contribution in [2.45, 2.75) is 20.0 Å². The van der Waals surface area contributed by atoms with Gasteiger partial charge < -0.3 is 19.5 Å². The molecule has 0 fully saturated rings. The van der Waals surface area contributed by atoms with Gasteiger partial charge in [-0.2, -0.15) is 0 Å². The molecule has 1 amide bonds. The van der Waals surface area contributed by atoms with Gasteiger partial charge in [0, 0.05) is 5.69 Å². The van der Waals surface area contributed by atoms with Crippen LogP contribution in [0.4, 0.5) is 5.69 Å². The van der Waals surface area contributed by atoms with Gasteiger partial charge in [-0.1, -0.05) is 29.3 Å². The van der Waals surface area contributed by atoms with Crippen molar-refractivity contribution in [1.29, 1.82) is 0 Å². The number of hydrogen-bond acceptors (Lipinski definition) is 5. The van der Waals surface area contributed by atoms with Crippen molar-refractivity contribution in [2.75, 3.05) is 19.0 Å². The van der Waals surface area contributed by atoms with Crippen LogP contribution < -0.4 is 14.8 Å². The highest BCUT2D eigenvalue weighted by Gasteiger charge is 2.18. The molecule has 2 rings (SSSR count). The summed E-state index contributed by atoms with van der Waals surface area (Å²) in [6, 6.07) is 12.1. The molecule has 0 aliphatic heterocycles. The lowest BCUT2D eigenvalue weighted by molar-refractivity contribution is -0.153. The molecule has 6 nitrogen and oxygen atoms in total. The van der Waals surface area contributed by atoms with Gasteiger partial charge in [0.1, 0.15) is 11.5 Å². The van der Waals surface area contributed by atoms with Gasteiger partial charge in [0.05, 0.1) is 12.1 Å². The fourth-order valence-corrected chi connectivity index (χ4v) is 2.32. The molecule has 138 valence electrons. The standard InChI is InChI=1S/C19H20ClNO5/c1-12-4-7-15(8-5-12)26-13(2)19(23)25-11-18(22)21-14-6-9-17(24-3)16(20)10-14/h4-10,13H,11H2,1-3H3,(H,21,22). The van der Waals surface area contributed by atoms with Crippen LogP contribution in [-0.4, -0.2) is 31.7 Å². The molecule has 1 atom stereocenters. The van der Waals surface area contributed by atoms with Crippen LogP contribution in [0.15, 0.2) is 42.5 Å². The lowest BCUT2D eigenvalue weighted by atomic mass is 10.2. The predicted octanol–water partition coefficient (Wildman–Crippen LogP) is 3.61. The molecule has 0 saturated heterocycles. The predicted molar refractivity (Wildman–Crippen MR) is 98.9 cm³/mol. The second kappa shape index (κ2) is 9.10. The zero-order chi connectivity index (χ0) is 19.1. The quantitative estimate of drug-likeness (QED) is 0.746. The number of hydrogen-bond donors (Lipinski definition) is 1. The summed E-state index contributed by atoms with van der Waals surface area (Å²) in [5, 5.41) is 2.95. The second-order valence-electron chi connectivity index (χ2n) is 5.58. The van der Waals surface area contributed by atoms with Gasteiger partial charge in [0.25, 0.3) is 5.91 Å². The van der Waals surface area contributed by atoms with Crippen LogP contribution in [0.3, 0.4) is 0 Å². The van der Waals surface area contributed by atoms with Gasteiger partial charge in [0.15, 0.2) is 12.7 Å². The van der Waals surface area contributed by atoms with E-state index in [2.05, 4.69) is 5.32 Å². The van der Waals surface area contributed by atoms with E-state index in [9.17, 15) is 9.59 Å². The average molecular weight is 378 g/mol. The molecule has 0 radical (unpaired) electrons. The van der Waals surface area contributed by atoms with Gasteiger partial charge in [0.2, 0.25) is 0 Å². The van der Waals surface area contributed by atoms with Crippen LogP contribution in [-0.2, 0) is 14.3 Å². The van der Waals surface area contributed by atoms with E-state index in [0.29, 0.717) is 22.2 Å². The number of rotatable bonds is 7. The zero-order valence-corrected chi connectivity index (χ0v) is 15.5. The maximum Gasteiger partial charge on any atom is 0.347 e. The summed E-state index contributed by atoms with van der Waals surface area (Å²) in [5.41, 5.74) is 1.56. The van der Waals surface area contributed by atoms with Crippen LogP contribution in [0.2, 0.25) is 5.02 Å². The number of ether oxygens (including phenoxy) is 3. The third-order valence-electron chi connectivity index (χ3n) is 3.45. The van der Waals surface area contributed by atoms with Crippen molar-refractivity contribution < 1.29 is 23.8 Å². The Morgan fingerprint density at radius 3 is 2.46 bits per heavy atom. The summed E-state index contributed by atoms with van der Waals surface area (Å²) >= 11 is 5.99. The first-order valence-corrected chi connectivity index (χ1v) is 8.30. The lowest BCUT2D eigenvalue weighted by Crippen LogP contribution is -2.29. The van der Waals surface area contributed by atoms with Gasteiger partial charge in [-0.25, -0.2) is 4.79 Å². The second-order valence-corrected chi connectivity index (χ2v) is 5.99. The molecule has 0 aromatic heterocycles. The summed E-state index contributed by atoms with van der Waals surface area (Å²) in [6.45, 7) is 3.09. The lowest BCUT2D eigenvalue weighted by Gasteiger charge is -2.14. The van der Waals surface area contributed by atoms with E-state index in [1.807, 2.05) is 19.1 Å². The Morgan fingerprint density at radius 1 is 1.15 bits per heavy atom. The molecule has 0 bridgehead atoms.